The Labute approximate surface area is 166 Å². The van der Waals surface area contributed by atoms with Crippen molar-refractivity contribution < 1.29 is 4.79 Å². The average Bonchev–Trinajstić information content (AvgIpc) is 3.16. The van der Waals surface area contributed by atoms with Crippen molar-refractivity contribution >= 4 is 22.4 Å². The van der Waals surface area contributed by atoms with E-state index < -0.39 is 11.0 Å². The molecule has 0 spiro atoms. The minimum absolute atomic E-state index is 0.246. The second kappa shape index (κ2) is 5.66. The Morgan fingerprint density at radius 1 is 0.964 bits per heavy atom. The molecule has 0 radical (unpaired) electrons. The number of carbonyl (C=O) groups excluding carboxylic acids is 1. The summed E-state index contributed by atoms with van der Waals surface area (Å²) in [6.07, 6.45) is 5.17. The number of fused-ring (bicyclic) bond motifs is 4. The van der Waals surface area contributed by atoms with E-state index in [4.69, 9.17) is 0 Å². The summed E-state index contributed by atoms with van der Waals surface area (Å²) in [5, 5.41) is 4.77. The van der Waals surface area contributed by atoms with Gasteiger partial charge in [0.25, 0.3) is 0 Å². The topological polar surface area (TPSA) is 42.0 Å². The fourth-order valence-electron chi connectivity index (χ4n) is 5.27. The second-order valence-corrected chi connectivity index (χ2v) is 9.24. The van der Waals surface area contributed by atoms with Gasteiger partial charge >= 0.3 is 0 Å². The Bertz CT molecular complexity index is 1140. The van der Waals surface area contributed by atoms with Crippen LogP contribution in [0.15, 0.2) is 42.6 Å². The normalized spacial score (nSPS) is 19.2. The van der Waals surface area contributed by atoms with E-state index in [2.05, 4.69) is 54.5 Å². The largest absolute Gasteiger partial charge is 0.373 e. The van der Waals surface area contributed by atoms with Crippen molar-refractivity contribution in [1.29, 1.82) is 0 Å². The number of hydrogen-bond donors (Lipinski definition) is 1. The first-order valence-electron chi connectivity index (χ1n) is 10.2. The summed E-state index contributed by atoms with van der Waals surface area (Å²) in [5.74, 6) is 0.246. The van der Waals surface area contributed by atoms with Crippen molar-refractivity contribution in [2.45, 2.75) is 57.9 Å². The maximum Gasteiger partial charge on any atom is 0.167 e. The minimum Gasteiger partial charge on any atom is -0.373 e. The van der Waals surface area contributed by atoms with Gasteiger partial charge in [0.2, 0.25) is 0 Å². The smallest absolute Gasteiger partial charge is 0.167 e. The molecule has 2 aliphatic rings. The maximum absolute atomic E-state index is 13.2. The van der Waals surface area contributed by atoms with E-state index in [1.54, 1.807) is 0 Å². The zero-order valence-corrected chi connectivity index (χ0v) is 17.0. The highest BCUT2D eigenvalue weighted by atomic mass is 16.1. The molecule has 3 nitrogen and oxygen atoms in total. The van der Waals surface area contributed by atoms with Crippen LogP contribution in [-0.2, 0) is 23.1 Å². The van der Waals surface area contributed by atoms with E-state index in [1.165, 1.54) is 33.3 Å². The molecule has 0 bridgehead atoms. The molecule has 2 aromatic carbocycles. The van der Waals surface area contributed by atoms with Crippen molar-refractivity contribution in [3.63, 3.8) is 0 Å². The number of aromatic nitrogens is 1. The summed E-state index contributed by atoms with van der Waals surface area (Å²) in [4.78, 5) is 17.8. The van der Waals surface area contributed by atoms with Crippen LogP contribution in [0, 0.1) is 0 Å². The molecular formula is C25H26N2O. The van der Waals surface area contributed by atoms with Gasteiger partial charge in [0, 0.05) is 17.3 Å². The Hall–Kier alpha value is -2.68. The number of carbonyl (C=O) groups is 1. The molecular weight excluding hydrogens is 344 g/mol. The Kier molecular flexibility index (Phi) is 3.52. The summed E-state index contributed by atoms with van der Waals surface area (Å²) in [6, 6.07) is 12.8. The van der Waals surface area contributed by atoms with Crippen LogP contribution >= 0.6 is 0 Å². The first kappa shape index (κ1) is 17.4. The number of hydrogen-bond acceptors (Lipinski definition) is 3. The monoisotopic (exact) mass is 370 g/mol. The van der Waals surface area contributed by atoms with E-state index in [-0.39, 0.29) is 5.78 Å². The van der Waals surface area contributed by atoms with Crippen LogP contribution in [0.2, 0.25) is 0 Å². The molecule has 142 valence electrons. The summed E-state index contributed by atoms with van der Waals surface area (Å²) in [6.45, 7) is 8.16. The van der Waals surface area contributed by atoms with Gasteiger partial charge in [-0.25, -0.2) is 0 Å². The van der Waals surface area contributed by atoms with Crippen LogP contribution in [0.4, 0.5) is 5.69 Å². The average molecular weight is 370 g/mol. The Morgan fingerprint density at radius 2 is 1.75 bits per heavy atom. The first-order chi connectivity index (χ1) is 13.3. The fourth-order valence-corrected chi connectivity index (χ4v) is 5.27. The van der Waals surface area contributed by atoms with Gasteiger partial charge in [0.1, 0.15) is 0 Å². The predicted octanol–water partition coefficient (Wildman–Crippen LogP) is 5.44. The number of benzene rings is 2. The van der Waals surface area contributed by atoms with Crippen LogP contribution in [0.25, 0.3) is 22.0 Å². The fraction of sp³-hybridized carbons (Fsp3) is 0.360. The van der Waals surface area contributed by atoms with Gasteiger partial charge in [0.05, 0.1) is 16.5 Å². The summed E-state index contributed by atoms with van der Waals surface area (Å²) < 4.78 is 0. The van der Waals surface area contributed by atoms with Crippen molar-refractivity contribution in [1.82, 2.24) is 4.98 Å². The van der Waals surface area contributed by atoms with E-state index in [9.17, 15) is 4.79 Å². The Morgan fingerprint density at radius 3 is 2.57 bits per heavy atom. The van der Waals surface area contributed by atoms with Crippen LogP contribution in [-0.4, -0.2) is 16.3 Å². The van der Waals surface area contributed by atoms with Gasteiger partial charge < -0.3 is 5.32 Å². The number of pyridine rings is 1. The lowest BCUT2D eigenvalue weighted by Gasteiger charge is -2.43. The third kappa shape index (κ3) is 2.28. The summed E-state index contributed by atoms with van der Waals surface area (Å²) in [7, 11) is 0. The van der Waals surface area contributed by atoms with Gasteiger partial charge in [-0.1, -0.05) is 18.2 Å². The number of Topliss-reactive ketones (excluding diaryl/α,β-unsaturated/α-hetero) is 1. The SMILES string of the molecule is CC1(C)Nc2c(cc(-c3cccc4ncccc34)c3c2CCC3)C(C)(C)C1=O. The lowest BCUT2D eigenvalue weighted by atomic mass is 9.68. The van der Waals surface area contributed by atoms with E-state index in [1.807, 2.05) is 26.1 Å². The molecule has 0 unspecified atom stereocenters. The minimum atomic E-state index is -0.544. The van der Waals surface area contributed by atoms with E-state index in [0.29, 0.717) is 0 Å². The van der Waals surface area contributed by atoms with E-state index in [0.717, 1.165) is 30.3 Å². The molecule has 3 heteroatoms. The molecule has 2 heterocycles. The molecule has 0 atom stereocenters. The quantitative estimate of drug-likeness (QED) is 0.620. The molecule has 28 heavy (non-hydrogen) atoms. The molecule has 1 aliphatic carbocycles. The van der Waals surface area contributed by atoms with Crippen molar-refractivity contribution in [3.05, 3.63) is 59.3 Å². The van der Waals surface area contributed by atoms with Gasteiger partial charge in [-0.3, -0.25) is 9.78 Å². The van der Waals surface area contributed by atoms with E-state index >= 15 is 0 Å². The van der Waals surface area contributed by atoms with Gasteiger partial charge in [-0.2, -0.15) is 0 Å². The maximum atomic E-state index is 13.2. The van der Waals surface area contributed by atoms with Crippen LogP contribution in [0.3, 0.4) is 0 Å². The number of nitrogens with zero attached hydrogens (tertiary/aromatic N) is 1. The number of rotatable bonds is 1. The lowest BCUT2D eigenvalue weighted by molar-refractivity contribution is -0.127. The molecule has 0 saturated carbocycles. The summed E-state index contributed by atoms with van der Waals surface area (Å²) >= 11 is 0. The molecule has 3 aromatic rings. The van der Waals surface area contributed by atoms with Crippen LogP contribution in [0.1, 0.15) is 50.8 Å². The number of anilines is 1. The summed E-state index contributed by atoms with van der Waals surface area (Å²) in [5.41, 5.74) is 7.62. The molecule has 1 aliphatic heterocycles. The van der Waals surface area contributed by atoms with Crippen molar-refractivity contribution in [3.8, 4) is 11.1 Å². The molecule has 0 fully saturated rings. The highest BCUT2D eigenvalue weighted by molar-refractivity contribution is 6.05. The first-order valence-corrected chi connectivity index (χ1v) is 10.2. The number of nitrogens with one attached hydrogen (secondary N) is 1. The van der Waals surface area contributed by atoms with Crippen LogP contribution < -0.4 is 5.32 Å². The van der Waals surface area contributed by atoms with Gasteiger partial charge in [0.15, 0.2) is 5.78 Å². The molecule has 0 saturated heterocycles. The zero-order valence-electron chi connectivity index (χ0n) is 17.0. The molecule has 0 amide bonds. The third-order valence-corrected chi connectivity index (χ3v) is 6.58. The molecule has 1 N–H and O–H groups in total. The Balaban J connectivity index is 1.84. The third-order valence-electron chi connectivity index (χ3n) is 6.58. The number of ketones is 1. The van der Waals surface area contributed by atoms with Gasteiger partial charge in [-0.05, 0) is 93.0 Å². The van der Waals surface area contributed by atoms with Crippen molar-refractivity contribution in [2.75, 3.05) is 5.32 Å². The van der Waals surface area contributed by atoms with Crippen molar-refractivity contribution in [2.24, 2.45) is 0 Å². The van der Waals surface area contributed by atoms with Gasteiger partial charge in [-0.15, -0.1) is 0 Å². The standard InChI is InChI=1S/C25H26N2O/c1-24(2)20-14-19(15-9-6-12-21-17(15)11-7-13-26-21)16-8-5-10-18(16)22(20)27-25(3,4)23(24)28/h6-7,9,11-14,27H,5,8,10H2,1-4H3. The molecule has 5 rings (SSSR count). The second-order valence-electron chi connectivity index (χ2n) is 9.24. The van der Waals surface area contributed by atoms with Crippen LogP contribution in [0.5, 0.6) is 0 Å². The lowest BCUT2D eigenvalue weighted by Crippen LogP contribution is -2.53. The molecule has 1 aromatic heterocycles. The zero-order chi connectivity index (χ0) is 19.7. The predicted molar refractivity (Wildman–Crippen MR) is 115 cm³/mol. The highest BCUT2D eigenvalue weighted by Gasteiger charge is 2.47. The highest BCUT2D eigenvalue weighted by Crippen LogP contribution is 2.48.